The van der Waals surface area contributed by atoms with E-state index in [1.165, 1.54) is 12.1 Å². The molecule has 1 N–H and O–H groups in total. The number of pyridine rings is 1. The fourth-order valence-corrected chi connectivity index (χ4v) is 2.12. The molecule has 7 heteroatoms. The molecule has 1 aromatic carbocycles. The Morgan fingerprint density at radius 1 is 1.43 bits per heavy atom. The molecule has 1 aromatic heterocycles. The summed E-state index contributed by atoms with van der Waals surface area (Å²) in [6, 6.07) is 5.34. The quantitative estimate of drug-likeness (QED) is 0.857. The van der Waals surface area contributed by atoms with E-state index in [2.05, 4.69) is 20.7 Å². The average molecular weight is 356 g/mol. The summed E-state index contributed by atoms with van der Waals surface area (Å²) in [5.74, 6) is -1.74. The first-order valence-corrected chi connectivity index (χ1v) is 6.67. The first-order valence-electron chi connectivity index (χ1n) is 5.88. The molecule has 0 aliphatic heterocycles. The molecule has 0 saturated carbocycles. The van der Waals surface area contributed by atoms with Crippen molar-refractivity contribution in [1.82, 2.24) is 4.57 Å². The molecule has 21 heavy (non-hydrogen) atoms. The Morgan fingerprint density at radius 2 is 2.14 bits per heavy atom. The van der Waals surface area contributed by atoms with E-state index in [1.807, 2.05) is 0 Å². The summed E-state index contributed by atoms with van der Waals surface area (Å²) in [4.78, 5) is 23.3. The van der Waals surface area contributed by atoms with Crippen LogP contribution in [0.3, 0.4) is 0 Å². The minimum Gasteiger partial charge on any atom is -0.507 e. The van der Waals surface area contributed by atoms with Crippen LogP contribution in [-0.4, -0.2) is 22.8 Å². The minimum atomic E-state index is -0.780. The summed E-state index contributed by atoms with van der Waals surface area (Å²) in [5, 5.41) is 9.58. The van der Waals surface area contributed by atoms with Crippen LogP contribution in [0.15, 0.2) is 39.7 Å². The van der Waals surface area contributed by atoms with Crippen molar-refractivity contribution in [3.63, 3.8) is 0 Å². The van der Waals surface area contributed by atoms with Crippen LogP contribution in [0.2, 0.25) is 0 Å². The van der Waals surface area contributed by atoms with Crippen LogP contribution in [0.5, 0.6) is 5.75 Å². The van der Waals surface area contributed by atoms with Gasteiger partial charge in [-0.25, -0.2) is 9.18 Å². The predicted octanol–water partition coefficient (Wildman–Crippen LogP) is 2.29. The minimum absolute atomic E-state index is 0.0672. The number of carbonyl (C=O) groups excluding carboxylic acids is 1. The molecule has 0 aliphatic rings. The van der Waals surface area contributed by atoms with Gasteiger partial charge in [-0.15, -0.1) is 0 Å². The Labute approximate surface area is 127 Å². The van der Waals surface area contributed by atoms with E-state index in [0.717, 1.165) is 23.9 Å². The number of carbonyl (C=O) groups is 1. The van der Waals surface area contributed by atoms with Gasteiger partial charge in [-0.3, -0.25) is 4.79 Å². The van der Waals surface area contributed by atoms with Gasteiger partial charge in [0.1, 0.15) is 17.1 Å². The zero-order chi connectivity index (χ0) is 15.6. The molecular formula is C14H11BrFNO4. The van der Waals surface area contributed by atoms with E-state index in [4.69, 9.17) is 0 Å². The zero-order valence-corrected chi connectivity index (χ0v) is 12.6. The number of halogens is 2. The van der Waals surface area contributed by atoms with Gasteiger partial charge in [0.25, 0.3) is 5.56 Å². The Morgan fingerprint density at radius 3 is 2.76 bits per heavy atom. The first-order chi connectivity index (χ1) is 9.92. The Balaban J connectivity index is 2.44. The smallest absolute Gasteiger partial charge is 0.343 e. The van der Waals surface area contributed by atoms with E-state index in [-0.39, 0.29) is 17.7 Å². The molecule has 0 atom stereocenters. The molecule has 1 heterocycles. The second-order valence-corrected chi connectivity index (χ2v) is 5.18. The second kappa shape index (κ2) is 6.09. The molecule has 0 fully saturated rings. The number of hydrogen-bond donors (Lipinski definition) is 1. The number of esters is 1. The summed E-state index contributed by atoms with van der Waals surface area (Å²) < 4.78 is 20.0. The highest BCUT2D eigenvalue weighted by molar-refractivity contribution is 9.10. The van der Waals surface area contributed by atoms with Crippen molar-refractivity contribution < 1.29 is 19.0 Å². The number of rotatable bonds is 3. The zero-order valence-electron chi connectivity index (χ0n) is 11.0. The topological polar surface area (TPSA) is 68.5 Å². The largest absolute Gasteiger partial charge is 0.507 e. The number of hydrogen-bond acceptors (Lipinski definition) is 4. The number of methoxy groups -OCH3 is 1. The molecule has 2 aromatic rings. The molecule has 0 radical (unpaired) electrons. The molecular weight excluding hydrogens is 345 g/mol. The lowest BCUT2D eigenvalue weighted by molar-refractivity contribution is 0.0596. The van der Waals surface area contributed by atoms with Gasteiger partial charge in [-0.2, -0.15) is 0 Å². The van der Waals surface area contributed by atoms with E-state index < -0.39 is 23.1 Å². The van der Waals surface area contributed by atoms with E-state index in [1.54, 1.807) is 6.07 Å². The van der Waals surface area contributed by atoms with Gasteiger partial charge >= 0.3 is 5.97 Å². The van der Waals surface area contributed by atoms with Crippen LogP contribution in [0.1, 0.15) is 15.9 Å². The van der Waals surface area contributed by atoms with Crippen molar-refractivity contribution in [1.29, 1.82) is 0 Å². The fraction of sp³-hybridized carbons (Fsp3) is 0.143. The fourth-order valence-electron chi connectivity index (χ4n) is 1.79. The van der Waals surface area contributed by atoms with Gasteiger partial charge < -0.3 is 14.4 Å². The highest BCUT2D eigenvalue weighted by Crippen LogP contribution is 2.18. The van der Waals surface area contributed by atoms with Crippen molar-refractivity contribution in [3.05, 3.63) is 62.2 Å². The van der Waals surface area contributed by atoms with Crippen LogP contribution in [-0.2, 0) is 11.3 Å². The standard InChI is InChI=1S/C14H11BrFNO4/c1-21-14(20)10-7-17(13(19)5-12(10)18)6-8-2-3-9(15)4-11(8)16/h2-5,7,18H,6H2,1H3. The molecule has 5 nitrogen and oxygen atoms in total. The molecule has 0 amide bonds. The Hall–Kier alpha value is -2.15. The molecule has 0 spiro atoms. The Bertz CT molecular complexity index is 757. The maximum atomic E-state index is 13.8. The van der Waals surface area contributed by atoms with E-state index in [9.17, 15) is 19.1 Å². The first kappa shape index (κ1) is 15.2. The van der Waals surface area contributed by atoms with Crippen LogP contribution in [0, 0.1) is 5.82 Å². The highest BCUT2D eigenvalue weighted by Gasteiger charge is 2.15. The van der Waals surface area contributed by atoms with Crippen molar-refractivity contribution in [2.24, 2.45) is 0 Å². The number of aromatic nitrogens is 1. The second-order valence-electron chi connectivity index (χ2n) is 4.27. The summed E-state index contributed by atoms with van der Waals surface area (Å²) in [5.41, 5.74) is -0.432. The van der Waals surface area contributed by atoms with Crippen molar-refractivity contribution in [3.8, 4) is 5.75 Å². The third-order valence-electron chi connectivity index (χ3n) is 2.87. The normalized spacial score (nSPS) is 10.4. The van der Waals surface area contributed by atoms with Gasteiger partial charge in [-0.05, 0) is 12.1 Å². The summed E-state index contributed by atoms with van der Waals surface area (Å²) in [6.07, 6.45) is 1.14. The molecule has 0 bridgehead atoms. The summed E-state index contributed by atoms with van der Waals surface area (Å²) >= 11 is 3.14. The number of benzene rings is 1. The van der Waals surface area contributed by atoms with Crippen molar-refractivity contribution >= 4 is 21.9 Å². The van der Waals surface area contributed by atoms with Crippen molar-refractivity contribution in [2.75, 3.05) is 7.11 Å². The number of aromatic hydroxyl groups is 1. The third-order valence-corrected chi connectivity index (χ3v) is 3.36. The van der Waals surface area contributed by atoms with Gasteiger partial charge in [0.2, 0.25) is 0 Å². The molecule has 2 rings (SSSR count). The van der Waals surface area contributed by atoms with Crippen LogP contribution < -0.4 is 5.56 Å². The van der Waals surface area contributed by atoms with Gasteiger partial charge in [0.05, 0.1) is 13.7 Å². The predicted molar refractivity (Wildman–Crippen MR) is 76.9 cm³/mol. The summed E-state index contributed by atoms with van der Waals surface area (Å²) in [7, 11) is 1.16. The lowest BCUT2D eigenvalue weighted by Crippen LogP contribution is -2.21. The monoisotopic (exact) mass is 355 g/mol. The maximum absolute atomic E-state index is 13.8. The van der Waals surface area contributed by atoms with Crippen LogP contribution >= 0.6 is 15.9 Å². The number of nitrogens with zero attached hydrogens (tertiary/aromatic N) is 1. The van der Waals surface area contributed by atoms with Gasteiger partial charge in [0.15, 0.2) is 0 Å². The number of ether oxygens (including phenoxy) is 1. The van der Waals surface area contributed by atoms with Gasteiger partial charge in [0, 0.05) is 22.3 Å². The lowest BCUT2D eigenvalue weighted by Gasteiger charge is -2.10. The third kappa shape index (κ3) is 3.30. The molecule has 0 aliphatic carbocycles. The maximum Gasteiger partial charge on any atom is 0.343 e. The average Bonchev–Trinajstić information content (AvgIpc) is 2.43. The summed E-state index contributed by atoms with van der Waals surface area (Å²) in [6.45, 7) is -0.0672. The van der Waals surface area contributed by atoms with Crippen LogP contribution in [0.4, 0.5) is 4.39 Å². The van der Waals surface area contributed by atoms with E-state index in [0.29, 0.717) is 4.47 Å². The lowest BCUT2D eigenvalue weighted by atomic mass is 10.2. The Kier molecular flexibility index (Phi) is 4.42. The molecule has 0 saturated heterocycles. The van der Waals surface area contributed by atoms with Gasteiger partial charge in [-0.1, -0.05) is 22.0 Å². The van der Waals surface area contributed by atoms with Crippen LogP contribution in [0.25, 0.3) is 0 Å². The van der Waals surface area contributed by atoms with Crippen molar-refractivity contribution in [2.45, 2.75) is 6.54 Å². The molecule has 110 valence electrons. The highest BCUT2D eigenvalue weighted by atomic mass is 79.9. The van der Waals surface area contributed by atoms with E-state index >= 15 is 0 Å². The SMILES string of the molecule is COC(=O)c1cn(Cc2ccc(Br)cc2F)c(=O)cc1O. The molecule has 0 unspecified atom stereocenters.